The molecule has 17 heavy (non-hydrogen) atoms. The maximum Gasteiger partial charge on any atom is 0.0820 e. The number of hydrogen-bond acceptors (Lipinski definition) is 2. The van der Waals surface area contributed by atoms with Crippen molar-refractivity contribution in [2.75, 3.05) is 5.32 Å². The number of nitrogens with zero attached hydrogens (tertiary/aromatic N) is 1. The van der Waals surface area contributed by atoms with Gasteiger partial charge in [0.15, 0.2) is 0 Å². The molecule has 1 heterocycles. The van der Waals surface area contributed by atoms with Crippen LogP contribution in [0.1, 0.15) is 45.4 Å². The zero-order valence-electron chi connectivity index (χ0n) is 10.5. The SMILES string of the molecule is CCCC1CCC(Nc2ccncc2Cl)CC1. The van der Waals surface area contributed by atoms with Crippen LogP contribution in [0.4, 0.5) is 5.69 Å². The molecule has 1 aliphatic carbocycles. The summed E-state index contributed by atoms with van der Waals surface area (Å²) in [5.74, 6) is 0.950. The Balaban J connectivity index is 1.84. The van der Waals surface area contributed by atoms with E-state index in [1.54, 1.807) is 12.4 Å². The first-order chi connectivity index (χ1) is 8.29. The minimum absolute atomic E-state index is 0.586. The van der Waals surface area contributed by atoms with E-state index in [1.807, 2.05) is 6.07 Å². The van der Waals surface area contributed by atoms with Gasteiger partial charge >= 0.3 is 0 Å². The Morgan fingerprint density at radius 2 is 2.12 bits per heavy atom. The topological polar surface area (TPSA) is 24.9 Å². The predicted octanol–water partition coefficient (Wildman–Crippen LogP) is 4.51. The highest BCUT2D eigenvalue weighted by Crippen LogP contribution is 2.30. The van der Waals surface area contributed by atoms with Crippen molar-refractivity contribution in [2.45, 2.75) is 51.5 Å². The largest absolute Gasteiger partial charge is 0.381 e. The summed E-state index contributed by atoms with van der Waals surface area (Å²) < 4.78 is 0. The lowest BCUT2D eigenvalue weighted by atomic mass is 9.83. The first kappa shape index (κ1) is 12.7. The smallest absolute Gasteiger partial charge is 0.0820 e. The number of rotatable bonds is 4. The van der Waals surface area contributed by atoms with E-state index in [-0.39, 0.29) is 0 Å². The fourth-order valence-corrected chi connectivity index (χ4v) is 2.89. The van der Waals surface area contributed by atoms with Crippen LogP contribution in [0, 0.1) is 5.92 Å². The van der Waals surface area contributed by atoms with Gasteiger partial charge in [-0.2, -0.15) is 0 Å². The number of nitrogens with one attached hydrogen (secondary N) is 1. The molecule has 0 aliphatic heterocycles. The van der Waals surface area contributed by atoms with Gasteiger partial charge in [-0.15, -0.1) is 0 Å². The van der Waals surface area contributed by atoms with Crippen molar-refractivity contribution in [3.8, 4) is 0 Å². The van der Waals surface area contributed by atoms with E-state index in [9.17, 15) is 0 Å². The number of pyridine rings is 1. The second kappa shape index (κ2) is 6.25. The quantitative estimate of drug-likeness (QED) is 0.853. The monoisotopic (exact) mass is 252 g/mol. The van der Waals surface area contributed by atoms with Crippen LogP contribution in [0.15, 0.2) is 18.5 Å². The highest BCUT2D eigenvalue weighted by atomic mass is 35.5. The molecule has 1 aromatic rings. The summed E-state index contributed by atoms with van der Waals surface area (Å²) in [6, 6.07) is 2.54. The third kappa shape index (κ3) is 3.60. The van der Waals surface area contributed by atoms with Gasteiger partial charge in [0.05, 0.1) is 10.7 Å². The van der Waals surface area contributed by atoms with Crippen molar-refractivity contribution >= 4 is 17.3 Å². The summed E-state index contributed by atoms with van der Waals surface area (Å²) in [5, 5.41) is 4.27. The van der Waals surface area contributed by atoms with Crippen LogP contribution in [0.3, 0.4) is 0 Å². The average molecular weight is 253 g/mol. The molecule has 2 rings (SSSR count). The van der Waals surface area contributed by atoms with Crippen molar-refractivity contribution < 1.29 is 0 Å². The van der Waals surface area contributed by atoms with Gasteiger partial charge in [-0.3, -0.25) is 4.98 Å². The highest BCUT2D eigenvalue weighted by Gasteiger charge is 2.20. The van der Waals surface area contributed by atoms with E-state index >= 15 is 0 Å². The summed E-state index contributed by atoms with van der Waals surface area (Å²) >= 11 is 6.10. The molecule has 3 heteroatoms. The summed E-state index contributed by atoms with van der Waals surface area (Å²) in [6.45, 7) is 2.28. The second-order valence-electron chi connectivity index (χ2n) is 5.01. The van der Waals surface area contributed by atoms with Gasteiger partial charge < -0.3 is 5.32 Å². The molecule has 0 spiro atoms. The zero-order valence-corrected chi connectivity index (χ0v) is 11.2. The number of anilines is 1. The zero-order chi connectivity index (χ0) is 12.1. The fraction of sp³-hybridized carbons (Fsp3) is 0.643. The van der Waals surface area contributed by atoms with Crippen molar-refractivity contribution in [1.82, 2.24) is 4.98 Å². The molecular formula is C14H21ClN2. The van der Waals surface area contributed by atoms with Gasteiger partial charge in [-0.05, 0) is 37.7 Å². The van der Waals surface area contributed by atoms with Crippen molar-refractivity contribution in [1.29, 1.82) is 0 Å². The van der Waals surface area contributed by atoms with Crippen LogP contribution in [0.5, 0.6) is 0 Å². The molecule has 0 saturated heterocycles. The third-order valence-electron chi connectivity index (χ3n) is 3.68. The first-order valence-corrected chi connectivity index (χ1v) is 7.03. The Hall–Kier alpha value is -0.760. The van der Waals surface area contributed by atoms with E-state index in [4.69, 9.17) is 11.6 Å². The Morgan fingerprint density at radius 3 is 2.76 bits per heavy atom. The van der Waals surface area contributed by atoms with E-state index in [0.29, 0.717) is 6.04 Å². The Labute approximate surface area is 109 Å². The minimum Gasteiger partial charge on any atom is -0.381 e. The van der Waals surface area contributed by atoms with Crippen molar-refractivity contribution in [2.24, 2.45) is 5.92 Å². The molecule has 0 aromatic carbocycles. The molecule has 0 atom stereocenters. The fourth-order valence-electron chi connectivity index (χ4n) is 2.72. The normalized spacial score (nSPS) is 24.6. The minimum atomic E-state index is 0.586. The summed E-state index contributed by atoms with van der Waals surface area (Å²) in [6.07, 6.45) is 11.4. The van der Waals surface area contributed by atoms with Crippen LogP contribution in [0.2, 0.25) is 5.02 Å². The molecule has 0 radical (unpaired) electrons. The molecule has 1 aromatic heterocycles. The molecule has 0 unspecified atom stereocenters. The van der Waals surface area contributed by atoms with Gasteiger partial charge in [0.1, 0.15) is 0 Å². The maximum absolute atomic E-state index is 6.10. The lowest BCUT2D eigenvalue weighted by Gasteiger charge is -2.29. The standard InChI is InChI=1S/C14H21ClN2/c1-2-3-11-4-6-12(7-5-11)17-14-8-9-16-10-13(14)15/h8-12H,2-7H2,1H3,(H,16,17). The van der Waals surface area contributed by atoms with Gasteiger partial charge in [-0.1, -0.05) is 31.4 Å². The van der Waals surface area contributed by atoms with Gasteiger partial charge in [0, 0.05) is 18.4 Å². The van der Waals surface area contributed by atoms with Crippen LogP contribution in [-0.2, 0) is 0 Å². The highest BCUT2D eigenvalue weighted by molar-refractivity contribution is 6.33. The molecule has 1 aliphatic rings. The number of aromatic nitrogens is 1. The summed E-state index contributed by atoms with van der Waals surface area (Å²) in [4.78, 5) is 4.00. The molecule has 1 saturated carbocycles. The molecule has 0 amide bonds. The molecule has 94 valence electrons. The van der Waals surface area contributed by atoms with E-state index in [0.717, 1.165) is 16.6 Å². The van der Waals surface area contributed by atoms with Crippen LogP contribution in [0.25, 0.3) is 0 Å². The number of halogens is 1. The van der Waals surface area contributed by atoms with Crippen LogP contribution < -0.4 is 5.32 Å². The van der Waals surface area contributed by atoms with Gasteiger partial charge in [-0.25, -0.2) is 0 Å². The Kier molecular flexibility index (Phi) is 4.66. The van der Waals surface area contributed by atoms with Crippen LogP contribution in [-0.4, -0.2) is 11.0 Å². The predicted molar refractivity (Wildman–Crippen MR) is 73.5 cm³/mol. The molecule has 1 N–H and O–H groups in total. The Morgan fingerprint density at radius 1 is 1.35 bits per heavy atom. The average Bonchev–Trinajstić information content (AvgIpc) is 2.35. The number of hydrogen-bond donors (Lipinski definition) is 1. The second-order valence-corrected chi connectivity index (χ2v) is 5.41. The summed E-state index contributed by atoms with van der Waals surface area (Å²) in [5.41, 5.74) is 1.03. The first-order valence-electron chi connectivity index (χ1n) is 6.65. The van der Waals surface area contributed by atoms with E-state index in [1.165, 1.54) is 38.5 Å². The molecule has 2 nitrogen and oxygen atoms in total. The molecule has 1 fully saturated rings. The van der Waals surface area contributed by atoms with Crippen LogP contribution >= 0.6 is 11.6 Å². The third-order valence-corrected chi connectivity index (χ3v) is 3.98. The lowest BCUT2D eigenvalue weighted by molar-refractivity contribution is 0.319. The van der Waals surface area contributed by atoms with Gasteiger partial charge in [0.2, 0.25) is 0 Å². The molecular weight excluding hydrogens is 232 g/mol. The van der Waals surface area contributed by atoms with Crippen molar-refractivity contribution in [3.05, 3.63) is 23.5 Å². The molecule has 0 bridgehead atoms. The van der Waals surface area contributed by atoms with E-state index < -0.39 is 0 Å². The van der Waals surface area contributed by atoms with Gasteiger partial charge in [0.25, 0.3) is 0 Å². The summed E-state index contributed by atoms with van der Waals surface area (Å²) in [7, 11) is 0. The van der Waals surface area contributed by atoms with Crippen molar-refractivity contribution in [3.63, 3.8) is 0 Å². The Bertz CT molecular complexity index is 346. The maximum atomic E-state index is 6.10. The van der Waals surface area contributed by atoms with E-state index in [2.05, 4.69) is 17.2 Å². The lowest BCUT2D eigenvalue weighted by Crippen LogP contribution is -2.26.